The van der Waals surface area contributed by atoms with Gasteiger partial charge in [0, 0.05) is 36.9 Å². The summed E-state index contributed by atoms with van der Waals surface area (Å²) in [6.07, 6.45) is 6.09. The third-order valence-corrected chi connectivity index (χ3v) is 5.27. The summed E-state index contributed by atoms with van der Waals surface area (Å²) in [5.41, 5.74) is 3.19. The van der Waals surface area contributed by atoms with Crippen LogP contribution in [0, 0.1) is 5.92 Å². The molecule has 0 radical (unpaired) electrons. The minimum absolute atomic E-state index is 0. The van der Waals surface area contributed by atoms with Gasteiger partial charge in [-0.25, -0.2) is 0 Å². The van der Waals surface area contributed by atoms with Crippen LogP contribution in [0.25, 0.3) is 0 Å². The predicted molar refractivity (Wildman–Crippen MR) is 103 cm³/mol. The van der Waals surface area contributed by atoms with E-state index in [4.69, 9.17) is 0 Å². The van der Waals surface area contributed by atoms with E-state index in [1.165, 1.54) is 37.9 Å². The summed E-state index contributed by atoms with van der Waals surface area (Å²) < 4.78 is 0. The minimum atomic E-state index is 0. The van der Waals surface area contributed by atoms with Crippen LogP contribution >= 0.6 is 24.8 Å². The highest BCUT2D eigenvalue weighted by Gasteiger charge is 2.34. The maximum absolute atomic E-state index is 12.5. The summed E-state index contributed by atoms with van der Waals surface area (Å²) in [4.78, 5) is 15.2. The van der Waals surface area contributed by atoms with E-state index in [-0.39, 0.29) is 30.7 Å². The number of rotatable bonds is 4. The molecule has 2 N–H and O–H groups in total. The van der Waals surface area contributed by atoms with E-state index in [1.54, 1.807) is 0 Å². The van der Waals surface area contributed by atoms with Crippen molar-refractivity contribution in [2.75, 3.05) is 31.5 Å². The number of likely N-dealkylation sites (tertiary alicyclic amines) is 1. The summed E-state index contributed by atoms with van der Waals surface area (Å²) in [6, 6.07) is 6.88. The lowest BCUT2D eigenvalue weighted by Gasteiger charge is -2.21. The Morgan fingerprint density at radius 2 is 2.08 bits per heavy atom. The SMILES string of the molecule is Cl.Cl.O=C(NCC1CCN(C2CC2)C1)c1cccc2c1CCCN2. The van der Waals surface area contributed by atoms with Gasteiger partial charge in [0.25, 0.3) is 5.91 Å². The van der Waals surface area contributed by atoms with E-state index in [0.29, 0.717) is 5.92 Å². The molecule has 2 fully saturated rings. The standard InChI is InChI=1S/C18H25N3O.2ClH/c22-18(16-3-1-5-17-15(16)4-2-9-19-17)20-11-13-8-10-21(12-13)14-6-7-14;;/h1,3,5,13-14,19H,2,4,6-12H2,(H,20,22);2*1H. The van der Waals surface area contributed by atoms with Crippen molar-refractivity contribution < 1.29 is 4.79 Å². The average molecular weight is 372 g/mol. The Balaban J connectivity index is 0.00000104. The van der Waals surface area contributed by atoms with Gasteiger partial charge < -0.3 is 15.5 Å². The molecule has 0 aromatic heterocycles. The van der Waals surface area contributed by atoms with Gasteiger partial charge in [-0.3, -0.25) is 4.79 Å². The monoisotopic (exact) mass is 371 g/mol. The minimum Gasteiger partial charge on any atom is -0.385 e. The highest BCUT2D eigenvalue weighted by Crippen LogP contribution is 2.31. The van der Waals surface area contributed by atoms with Crippen molar-refractivity contribution in [1.82, 2.24) is 10.2 Å². The summed E-state index contributed by atoms with van der Waals surface area (Å²) in [7, 11) is 0. The van der Waals surface area contributed by atoms with Crippen LogP contribution in [0.4, 0.5) is 5.69 Å². The fourth-order valence-electron chi connectivity index (χ4n) is 3.86. The highest BCUT2D eigenvalue weighted by molar-refractivity contribution is 5.97. The zero-order valence-electron chi connectivity index (χ0n) is 13.9. The summed E-state index contributed by atoms with van der Waals surface area (Å²) in [5, 5.41) is 6.57. The lowest BCUT2D eigenvalue weighted by molar-refractivity contribution is 0.0946. The van der Waals surface area contributed by atoms with Gasteiger partial charge in [0.1, 0.15) is 0 Å². The number of amides is 1. The number of nitrogens with zero attached hydrogens (tertiary/aromatic N) is 1. The molecule has 1 aromatic rings. The van der Waals surface area contributed by atoms with Gasteiger partial charge in [-0.2, -0.15) is 0 Å². The van der Waals surface area contributed by atoms with E-state index in [1.807, 2.05) is 12.1 Å². The van der Waals surface area contributed by atoms with Crippen LogP contribution in [0.3, 0.4) is 0 Å². The molecule has 0 spiro atoms. The zero-order valence-corrected chi connectivity index (χ0v) is 15.6. The number of carbonyl (C=O) groups excluding carboxylic acids is 1. The quantitative estimate of drug-likeness (QED) is 0.854. The lowest BCUT2D eigenvalue weighted by atomic mass is 9.97. The normalized spacial score (nSPS) is 22.6. The van der Waals surface area contributed by atoms with Crippen molar-refractivity contribution in [2.45, 2.75) is 38.1 Å². The molecular weight excluding hydrogens is 345 g/mol. The molecule has 1 saturated heterocycles. The number of hydrogen-bond acceptors (Lipinski definition) is 3. The molecule has 4 nitrogen and oxygen atoms in total. The van der Waals surface area contributed by atoms with E-state index in [2.05, 4.69) is 21.6 Å². The largest absolute Gasteiger partial charge is 0.385 e. The highest BCUT2D eigenvalue weighted by atomic mass is 35.5. The Kier molecular flexibility index (Phi) is 6.79. The Morgan fingerprint density at radius 3 is 2.88 bits per heavy atom. The van der Waals surface area contributed by atoms with Crippen molar-refractivity contribution in [3.63, 3.8) is 0 Å². The summed E-state index contributed by atoms with van der Waals surface area (Å²) in [6.45, 7) is 4.21. The molecule has 1 unspecified atom stereocenters. The van der Waals surface area contributed by atoms with Gasteiger partial charge in [0.05, 0.1) is 0 Å². The van der Waals surface area contributed by atoms with E-state index >= 15 is 0 Å². The van der Waals surface area contributed by atoms with Crippen LogP contribution in [0.1, 0.15) is 41.6 Å². The van der Waals surface area contributed by atoms with Gasteiger partial charge in [-0.05, 0) is 62.3 Å². The van der Waals surface area contributed by atoms with Gasteiger partial charge in [0.2, 0.25) is 0 Å². The number of halogens is 2. The van der Waals surface area contributed by atoms with Gasteiger partial charge >= 0.3 is 0 Å². The molecule has 0 bridgehead atoms. The average Bonchev–Trinajstić information content (AvgIpc) is 3.31. The Hall–Kier alpha value is -0.970. The first kappa shape index (κ1) is 19.4. The smallest absolute Gasteiger partial charge is 0.251 e. The Morgan fingerprint density at radius 1 is 1.25 bits per heavy atom. The number of carbonyl (C=O) groups is 1. The van der Waals surface area contributed by atoms with Crippen LogP contribution in [-0.2, 0) is 6.42 Å². The molecule has 24 heavy (non-hydrogen) atoms. The third kappa shape index (κ3) is 4.16. The molecule has 134 valence electrons. The van der Waals surface area contributed by atoms with Crippen LogP contribution in [0.15, 0.2) is 18.2 Å². The Labute approximate surface area is 156 Å². The molecule has 6 heteroatoms. The number of fused-ring (bicyclic) bond motifs is 1. The third-order valence-electron chi connectivity index (χ3n) is 5.27. The van der Waals surface area contributed by atoms with Crippen molar-refractivity contribution in [3.8, 4) is 0 Å². The van der Waals surface area contributed by atoms with Crippen molar-refractivity contribution in [3.05, 3.63) is 29.3 Å². The number of nitrogens with one attached hydrogen (secondary N) is 2. The van der Waals surface area contributed by atoms with Gasteiger partial charge in [-0.1, -0.05) is 6.07 Å². The summed E-state index contributed by atoms with van der Waals surface area (Å²) in [5.74, 6) is 0.729. The topological polar surface area (TPSA) is 44.4 Å². The van der Waals surface area contributed by atoms with Gasteiger partial charge in [0.15, 0.2) is 0 Å². The molecule has 4 rings (SSSR count). The van der Waals surface area contributed by atoms with Crippen LogP contribution in [0.5, 0.6) is 0 Å². The molecule has 3 aliphatic rings. The van der Waals surface area contributed by atoms with E-state index < -0.39 is 0 Å². The lowest BCUT2D eigenvalue weighted by Crippen LogP contribution is -2.32. The molecule has 2 aliphatic heterocycles. The first-order valence-corrected chi connectivity index (χ1v) is 8.69. The molecule has 1 amide bonds. The Bertz CT molecular complexity index is 577. The molecule has 1 aromatic carbocycles. The first-order chi connectivity index (χ1) is 10.8. The van der Waals surface area contributed by atoms with Crippen LogP contribution in [0.2, 0.25) is 0 Å². The number of hydrogen-bond donors (Lipinski definition) is 2. The fourth-order valence-corrected chi connectivity index (χ4v) is 3.86. The molecule has 1 atom stereocenters. The van der Waals surface area contributed by atoms with Crippen molar-refractivity contribution in [1.29, 1.82) is 0 Å². The number of anilines is 1. The van der Waals surface area contributed by atoms with E-state index in [0.717, 1.165) is 43.2 Å². The predicted octanol–water partition coefficient (Wildman–Crippen LogP) is 3.10. The fraction of sp³-hybridized carbons (Fsp3) is 0.611. The maximum atomic E-state index is 12.5. The molecular formula is C18H27Cl2N3O. The second kappa shape index (κ2) is 8.41. The second-order valence-electron chi connectivity index (χ2n) is 6.95. The number of benzene rings is 1. The maximum Gasteiger partial charge on any atom is 0.251 e. The van der Waals surface area contributed by atoms with E-state index in [9.17, 15) is 4.79 Å². The van der Waals surface area contributed by atoms with Crippen LogP contribution in [-0.4, -0.2) is 43.0 Å². The molecule has 2 heterocycles. The van der Waals surface area contributed by atoms with Crippen molar-refractivity contribution >= 4 is 36.4 Å². The second-order valence-corrected chi connectivity index (χ2v) is 6.95. The van der Waals surface area contributed by atoms with Gasteiger partial charge in [-0.15, -0.1) is 24.8 Å². The zero-order chi connectivity index (χ0) is 14.9. The molecule has 1 saturated carbocycles. The first-order valence-electron chi connectivity index (χ1n) is 8.69. The summed E-state index contributed by atoms with van der Waals surface area (Å²) >= 11 is 0. The van der Waals surface area contributed by atoms with Crippen molar-refractivity contribution in [2.24, 2.45) is 5.92 Å². The van der Waals surface area contributed by atoms with Crippen LogP contribution < -0.4 is 10.6 Å². The molecule has 1 aliphatic carbocycles.